The van der Waals surface area contributed by atoms with Crippen molar-refractivity contribution in [1.29, 1.82) is 0 Å². The topological polar surface area (TPSA) is 50.4 Å². The minimum atomic E-state index is 0.639. The highest BCUT2D eigenvalue weighted by Gasteiger charge is 1.81. The van der Waals surface area contributed by atoms with Crippen LogP contribution in [0.2, 0.25) is 0 Å². The van der Waals surface area contributed by atoms with Crippen molar-refractivity contribution in [3.05, 3.63) is 0 Å². The van der Waals surface area contributed by atoms with Crippen LogP contribution in [0.3, 0.4) is 0 Å². The lowest BCUT2D eigenvalue weighted by atomic mass is 10.3. The van der Waals surface area contributed by atoms with Crippen LogP contribution in [-0.4, -0.2) is 18.8 Å². The molecule has 3 heteroatoms. The normalized spacial score (nSPS) is 11.7. The van der Waals surface area contributed by atoms with Crippen LogP contribution < -0.4 is 11.2 Å². The number of hydrazone groups is 1. The molecule has 0 spiro atoms. The molecule has 0 bridgehead atoms. The first kappa shape index (κ1) is 8.43. The van der Waals surface area contributed by atoms with E-state index in [0.29, 0.717) is 6.54 Å². The SMILES string of the molecule is CC/C(C)=N\NCCN. The zero-order valence-electron chi connectivity index (χ0n) is 6.15. The van der Waals surface area contributed by atoms with Gasteiger partial charge in [-0.2, -0.15) is 5.10 Å². The molecule has 0 heterocycles. The van der Waals surface area contributed by atoms with Crippen molar-refractivity contribution >= 4 is 5.71 Å². The Bertz CT molecular complexity index is 88.3. The second-order valence-corrected chi connectivity index (χ2v) is 1.90. The van der Waals surface area contributed by atoms with E-state index in [9.17, 15) is 0 Å². The standard InChI is InChI=1S/C6H15N3/c1-3-6(2)9-8-5-4-7/h8H,3-5,7H2,1-2H3/b9-6-. The molecule has 0 aliphatic rings. The Morgan fingerprint density at radius 2 is 2.33 bits per heavy atom. The van der Waals surface area contributed by atoms with Gasteiger partial charge in [-0.3, -0.25) is 0 Å². The highest BCUT2D eigenvalue weighted by molar-refractivity contribution is 5.81. The summed E-state index contributed by atoms with van der Waals surface area (Å²) in [6.07, 6.45) is 0.998. The van der Waals surface area contributed by atoms with Gasteiger partial charge < -0.3 is 11.2 Å². The van der Waals surface area contributed by atoms with E-state index in [1.165, 1.54) is 0 Å². The van der Waals surface area contributed by atoms with Gasteiger partial charge in [-0.25, -0.2) is 0 Å². The molecule has 9 heavy (non-hydrogen) atoms. The van der Waals surface area contributed by atoms with Crippen LogP contribution in [0.5, 0.6) is 0 Å². The molecule has 0 aliphatic carbocycles. The van der Waals surface area contributed by atoms with Crippen molar-refractivity contribution in [2.45, 2.75) is 20.3 Å². The molecular weight excluding hydrogens is 114 g/mol. The summed E-state index contributed by atoms with van der Waals surface area (Å²) in [7, 11) is 0. The molecule has 0 radical (unpaired) electrons. The van der Waals surface area contributed by atoms with Gasteiger partial charge in [0.2, 0.25) is 0 Å². The smallest absolute Gasteiger partial charge is 0.0452 e. The number of rotatable bonds is 4. The molecule has 0 amide bonds. The number of hydrogen-bond acceptors (Lipinski definition) is 3. The maximum atomic E-state index is 5.22. The number of nitrogens with zero attached hydrogens (tertiary/aromatic N) is 1. The summed E-state index contributed by atoms with van der Waals surface area (Å²) >= 11 is 0. The maximum Gasteiger partial charge on any atom is 0.0452 e. The van der Waals surface area contributed by atoms with Gasteiger partial charge in [0.15, 0.2) is 0 Å². The Morgan fingerprint density at radius 1 is 1.67 bits per heavy atom. The molecule has 0 rings (SSSR count). The largest absolute Gasteiger partial charge is 0.329 e. The predicted octanol–water partition coefficient (Wildman–Crippen LogP) is 0.321. The first-order valence-corrected chi connectivity index (χ1v) is 3.27. The Morgan fingerprint density at radius 3 is 2.78 bits per heavy atom. The molecule has 3 nitrogen and oxygen atoms in total. The molecule has 0 atom stereocenters. The highest BCUT2D eigenvalue weighted by atomic mass is 15.3. The third-order valence-corrected chi connectivity index (χ3v) is 1.04. The highest BCUT2D eigenvalue weighted by Crippen LogP contribution is 1.79. The Balaban J connectivity index is 3.21. The molecular formula is C6H15N3. The number of hydrogen-bond donors (Lipinski definition) is 2. The molecule has 0 fully saturated rings. The molecule has 0 aromatic rings. The first-order chi connectivity index (χ1) is 4.31. The van der Waals surface area contributed by atoms with Crippen molar-refractivity contribution in [3.8, 4) is 0 Å². The minimum Gasteiger partial charge on any atom is -0.329 e. The second kappa shape index (κ2) is 5.56. The zero-order valence-corrected chi connectivity index (χ0v) is 6.15. The van der Waals surface area contributed by atoms with Crippen molar-refractivity contribution in [3.63, 3.8) is 0 Å². The lowest BCUT2D eigenvalue weighted by Crippen LogP contribution is -2.18. The fourth-order valence-electron chi connectivity index (χ4n) is 0.334. The van der Waals surface area contributed by atoms with Crippen LogP contribution in [0.4, 0.5) is 0 Å². The number of nitrogens with one attached hydrogen (secondary N) is 1. The van der Waals surface area contributed by atoms with Gasteiger partial charge in [-0.1, -0.05) is 6.92 Å². The van der Waals surface area contributed by atoms with Crippen molar-refractivity contribution in [2.75, 3.05) is 13.1 Å². The summed E-state index contributed by atoms with van der Waals surface area (Å²) < 4.78 is 0. The average molecular weight is 129 g/mol. The van der Waals surface area contributed by atoms with Crippen molar-refractivity contribution in [2.24, 2.45) is 10.8 Å². The van der Waals surface area contributed by atoms with Crippen LogP contribution in [-0.2, 0) is 0 Å². The van der Waals surface area contributed by atoms with E-state index in [0.717, 1.165) is 18.7 Å². The van der Waals surface area contributed by atoms with E-state index in [2.05, 4.69) is 17.5 Å². The van der Waals surface area contributed by atoms with E-state index < -0.39 is 0 Å². The Hall–Kier alpha value is -0.570. The van der Waals surface area contributed by atoms with Crippen molar-refractivity contribution in [1.82, 2.24) is 5.43 Å². The zero-order chi connectivity index (χ0) is 7.11. The lowest BCUT2D eigenvalue weighted by molar-refractivity contribution is 0.736. The maximum absolute atomic E-state index is 5.22. The Labute approximate surface area is 56.3 Å². The molecule has 3 N–H and O–H groups in total. The third-order valence-electron chi connectivity index (χ3n) is 1.04. The fourth-order valence-corrected chi connectivity index (χ4v) is 0.334. The van der Waals surface area contributed by atoms with Crippen LogP contribution in [0.15, 0.2) is 5.10 Å². The molecule has 0 aromatic carbocycles. The second-order valence-electron chi connectivity index (χ2n) is 1.90. The first-order valence-electron chi connectivity index (χ1n) is 3.27. The lowest BCUT2D eigenvalue weighted by Gasteiger charge is -1.97. The molecule has 0 saturated heterocycles. The van der Waals surface area contributed by atoms with Crippen LogP contribution in [0.1, 0.15) is 20.3 Å². The van der Waals surface area contributed by atoms with E-state index in [4.69, 9.17) is 5.73 Å². The monoisotopic (exact) mass is 129 g/mol. The summed E-state index contributed by atoms with van der Waals surface area (Å²) in [6.45, 7) is 5.46. The summed E-state index contributed by atoms with van der Waals surface area (Å²) in [4.78, 5) is 0. The van der Waals surface area contributed by atoms with Gasteiger partial charge in [0.25, 0.3) is 0 Å². The third kappa shape index (κ3) is 5.30. The van der Waals surface area contributed by atoms with Crippen LogP contribution in [0, 0.1) is 0 Å². The molecule has 0 aliphatic heterocycles. The van der Waals surface area contributed by atoms with Gasteiger partial charge >= 0.3 is 0 Å². The van der Waals surface area contributed by atoms with Gasteiger partial charge in [0.05, 0.1) is 0 Å². The van der Waals surface area contributed by atoms with E-state index in [1.54, 1.807) is 0 Å². The van der Waals surface area contributed by atoms with Gasteiger partial charge in [-0.15, -0.1) is 0 Å². The van der Waals surface area contributed by atoms with Crippen molar-refractivity contribution < 1.29 is 0 Å². The van der Waals surface area contributed by atoms with E-state index in [1.807, 2.05) is 6.92 Å². The van der Waals surface area contributed by atoms with E-state index in [-0.39, 0.29) is 0 Å². The summed E-state index contributed by atoms with van der Waals surface area (Å²) in [6, 6.07) is 0. The summed E-state index contributed by atoms with van der Waals surface area (Å²) in [5.74, 6) is 0. The summed E-state index contributed by atoms with van der Waals surface area (Å²) in [5.41, 5.74) is 9.19. The molecule has 0 saturated carbocycles. The molecule has 0 aromatic heterocycles. The predicted molar refractivity (Wildman–Crippen MR) is 40.5 cm³/mol. The quantitative estimate of drug-likeness (QED) is 0.326. The van der Waals surface area contributed by atoms with E-state index >= 15 is 0 Å². The van der Waals surface area contributed by atoms with Gasteiger partial charge in [0, 0.05) is 18.8 Å². The van der Waals surface area contributed by atoms with Crippen LogP contribution >= 0.6 is 0 Å². The van der Waals surface area contributed by atoms with Crippen LogP contribution in [0.25, 0.3) is 0 Å². The fraction of sp³-hybridized carbons (Fsp3) is 0.833. The Kier molecular flexibility index (Phi) is 5.21. The number of nitrogens with two attached hydrogens (primary N) is 1. The summed E-state index contributed by atoms with van der Waals surface area (Å²) in [5, 5.41) is 4.02. The molecule has 0 unspecified atom stereocenters. The minimum absolute atomic E-state index is 0.639. The average Bonchev–Trinajstić information content (AvgIpc) is 1.89. The van der Waals surface area contributed by atoms with Gasteiger partial charge in [-0.05, 0) is 13.3 Å². The molecule has 54 valence electrons. The van der Waals surface area contributed by atoms with Gasteiger partial charge in [0.1, 0.15) is 0 Å².